The average Bonchev–Trinajstić information content (AvgIpc) is 2.42. The molecule has 19 heavy (non-hydrogen) atoms. The van der Waals surface area contributed by atoms with Crippen LogP contribution in [0.5, 0.6) is 0 Å². The first kappa shape index (κ1) is 14.1. The fourth-order valence-corrected chi connectivity index (χ4v) is 2.63. The monoisotopic (exact) mass is 318 g/mol. The molecular weight excluding hydrogens is 300 g/mol. The number of para-hydroxylation sites is 1. The zero-order chi connectivity index (χ0) is 13.7. The van der Waals surface area contributed by atoms with Crippen LogP contribution >= 0.6 is 15.9 Å². The lowest BCUT2D eigenvalue weighted by molar-refractivity contribution is 0.890. The van der Waals surface area contributed by atoms with Gasteiger partial charge in [-0.25, -0.2) is 0 Å². The fourth-order valence-electron chi connectivity index (χ4n) is 2.22. The molecule has 0 aromatic heterocycles. The summed E-state index contributed by atoms with van der Waals surface area (Å²) < 4.78 is 1.15. The highest BCUT2D eigenvalue weighted by Crippen LogP contribution is 2.24. The lowest BCUT2D eigenvalue weighted by Gasteiger charge is -2.23. The van der Waals surface area contributed by atoms with Crippen LogP contribution in [0, 0.1) is 0 Å². The second kappa shape index (κ2) is 6.73. The van der Waals surface area contributed by atoms with E-state index in [1.54, 1.807) is 0 Å². The van der Waals surface area contributed by atoms with Crippen molar-refractivity contribution in [2.24, 2.45) is 5.73 Å². The molecule has 2 N–H and O–H groups in total. The van der Waals surface area contributed by atoms with Crippen LogP contribution in [0.3, 0.4) is 0 Å². The van der Waals surface area contributed by atoms with Crippen LogP contribution in [0.25, 0.3) is 0 Å². The summed E-state index contributed by atoms with van der Waals surface area (Å²) in [6.07, 6.45) is 0.913. The zero-order valence-electron chi connectivity index (χ0n) is 11.1. The van der Waals surface area contributed by atoms with Crippen LogP contribution in [0.1, 0.15) is 11.1 Å². The molecule has 0 saturated carbocycles. The molecule has 0 amide bonds. The van der Waals surface area contributed by atoms with Gasteiger partial charge in [0.2, 0.25) is 0 Å². The lowest BCUT2D eigenvalue weighted by atomic mass is 10.1. The van der Waals surface area contributed by atoms with Crippen molar-refractivity contribution >= 4 is 21.6 Å². The minimum absolute atomic E-state index is 0.680. The van der Waals surface area contributed by atoms with Gasteiger partial charge in [-0.2, -0.15) is 0 Å². The molecule has 0 aliphatic heterocycles. The smallest absolute Gasteiger partial charge is 0.0437 e. The van der Waals surface area contributed by atoms with Gasteiger partial charge in [0.25, 0.3) is 0 Å². The molecule has 0 bridgehead atoms. The van der Waals surface area contributed by atoms with E-state index in [9.17, 15) is 0 Å². The number of halogens is 1. The quantitative estimate of drug-likeness (QED) is 0.912. The van der Waals surface area contributed by atoms with Gasteiger partial charge in [0.05, 0.1) is 0 Å². The number of rotatable bonds is 5. The Morgan fingerprint density at radius 2 is 1.63 bits per heavy atom. The maximum atomic E-state index is 5.68. The van der Waals surface area contributed by atoms with E-state index >= 15 is 0 Å². The Labute approximate surface area is 123 Å². The number of hydrogen-bond donors (Lipinski definition) is 1. The highest BCUT2D eigenvalue weighted by molar-refractivity contribution is 9.10. The maximum absolute atomic E-state index is 5.68. The van der Waals surface area contributed by atoms with Crippen molar-refractivity contribution in [1.82, 2.24) is 0 Å². The third kappa shape index (κ3) is 3.58. The van der Waals surface area contributed by atoms with Crippen LogP contribution in [0.4, 0.5) is 5.69 Å². The molecule has 100 valence electrons. The molecule has 0 saturated heterocycles. The Morgan fingerprint density at radius 1 is 1.00 bits per heavy atom. The van der Waals surface area contributed by atoms with Crippen molar-refractivity contribution in [1.29, 1.82) is 0 Å². The van der Waals surface area contributed by atoms with Gasteiger partial charge >= 0.3 is 0 Å². The van der Waals surface area contributed by atoms with Crippen LogP contribution in [0.15, 0.2) is 53.0 Å². The highest BCUT2D eigenvalue weighted by atomic mass is 79.9. The third-order valence-corrected chi connectivity index (χ3v) is 3.96. The van der Waals surface area contributed by atoms with Crippen LogP contribution in [0.2, 0.25) is 0 Å². The molecule has 0 radical (unpaired) electrons. The Hall–Kier alpha value is -1.32. The van der Waals surface area contributed by atoms with Gasteiger partial charge in [0.1, 0.15) is 0 Å². The van der Waals surface area contributed by atoms with E-state index in [2.05, 4.69) is 70.3 Å². The van der Waals surface area contributed by atoms with Gasteiger partial charge in [-0.05, 0) is 36.2 Å². The van der Waals surface area contributed by atoms with Crippen LogP contribution < -0.4 is 10.6 Å². The van der Waals surface area contributed by atoms with Crippen molar-refractivity contribution in [3.63, 3.8) is 0 Å². The van der Waals surface area contributed by atoms with E-state index in [0.29, 0.717) is 6.54 Å². The molecule has 0 aliphatic carbocycles. The minimum atomic E-state index is 0.680. The van der Waals surface area contributed by atoms with Crippen molar-refractivity contribution in [2.45, 2.75) is 13.0 Å². The Morgan fingerprint density at radius 3 is 2.32 bits per heavy atom. The van der Waals surface area contributed by atoms with Crippen molar-refractivity contribution in [3.8, 4) is 0 Å². The molecule has 2 nitrogen and oxygen atoms in total. The van der Waals surface area contributed by atoms with E-state index < -0.39 is 0 Å². The van der Waals surface area contributed by atoms with Gasteiger partial charge in [0.15, 0.2) is 0 Å². The maximum Gasteiger partial charge on any atom is 0.0437 e. The number of nitrogens with zero attached hydrogens (tertiary/aromatic N) is 1. The minimum Gasteiger partial charge on any atom is -0.370 e. The largest absolute Gasteiger partial charge is 0.370 e. The van der Waals surface area contributed by atoms with E-state index in [4.69, 9.17) is 5.73 Å². The van der Waals surface area contributed by atoms with Gasteiger partial charge in [-0.15, -0.1) is 0 Å². The number of anilines is 1. The predicted molar refractivity (Wildman–Crippen MR) is 85.4 cm³/mol. The molecule has 2 rings (SSSR count). The van der Waals surface area contributed by atoms with E-state index in [1.165, 1.54) is 16.8 Å². The fraction of sp³-hybridized carbons (Fsp3) is 0.250. The molecule has 2 aromatic rings. The summed E-state index contributed by atoms with van der Waals surface area (Å²) in [5, 5.41) is 0. The Bertz CT molecular complexity index is 540. The normalized spacial score (nSPS) is 10.5. The van der Waals surface area contributed by atoms with Gasteiger partial charge in [0, 0.05) is 23.8 Å². The molecule has 0 aliphatic rings. The number of nitrogens with two attached hydrogens (primary N) is 1. The van der Waals surface area contributed by atoms with Gasteiger partial charge in [-0.3, -0.25) is 0 Å². The molecule has 0 fully saturated rings. The molecule has 3 heteroatoms. The van der Waals surface area contributed by atoms with Gasteiger partial charge in [-0.1, -0.05) is 52.3 Å². The third-order valence-electron chi connectivity index (χ3n) is 3.18. The van der Waals surface area contributed by atoms with Crippen molar-refractivity contribution in [2.75, 3.05) is 18.5 Å². The van der Waals surface area contributed by atoms with Crippen LogP contribution in [-0.4, -0.2) is 13.6 Å². The topological polar surface area (TPSA) is 29.3 Å². The molecular formula is C16H19BrN2. The van der Waals surface area contributed by atoms with Crippen molar-refractivity contribution in [3.05, 3.63) is 64.1 Å². The Kier molecular flexibility index (Phi) is 5.00. The first-order valence-corrected chi connectivity index (χ1v) is 7.24. The first-order chi connectivity index (χ1) is 9.22. The predicted octanol–water partition coefficient (Wildman–Crippen LogP) is 3.59. The van der Waals surface area contributed by atoms with Crippen molar-refractivity contribution < 1.29 is 0 Å². The van der Waals surface area contributed by atoms with Gasteiger partial charge < -0.3 is 10.6 Å². The summed E-state index contributed by atoms with van der Waals surface area (Å²) in [5.74, 6) is 0. The lowest BCUT2D eigenvalue weighted by Crippen LogP contribution is -2.19. The summed E-state index contributed by atoms with van der Waals surface area (Å²) in [7, 11) is 2.12. The first-order valence-electron chi connectivity index (χ1n) is 6.45. The highest BCUT2D eigenvalue weighted by Gasteiger charge is 2.08. The van der Waals surface area contributed by atoms with E-state index in [-0.39, 0.29) is 0 Å². The average molecular weight is 319 g/mol. The molecule has 0 unspecified atom stereocenters. The number of hydrogen-bond acceptors (Lipinski definition) is 2. The molecule has 0 atom stereocenters. The van der Waals surface area contributed by atoms with E-state index in [1.807, 2.05) is 6.07 Å². The second-order valence-electron chi connectivity index (χ2n) is 4.61. The Balaban J connectivity index is 2.20. The summed E-state index contributed by atoms with van der Waals surface area (Å²) >= 11 is 3.60. The van der Waals surface area contributed by atoms with Crippen LogP contribution in [-0.2, 0) is 13.0 Å². The summed E-state index contributed by atoms with van der Waals surface area (Å²) in [6.45, 7) is 1.56. The molecule has 2 aromatic carbocycles. The molecule has 0 heterocycles. The molecule has 0 spiro atoms. The zero-order valence-corrected chi connectivity index (χ0v) is 12.7. The number of benzene rings is 2. The van der Waals surface area contributed by atoms with E-state index in [0.717, 1.165) is 17.4 Å². The second-order valence-corrected chi connectivity index (χ2v) is 5.47. The summed E-state index contributed by atoms with van der Waals surface area (Å²) in [5.41, 5.74) is 9.52. The summed E-state index contributed by atoms with van der Waals surface area (Å²) in [4.78, 5) is 2.27. The SMILES string of the molecule is CN(Cc1ccccc1Br)c1ccccc1CCN. The summed E-state index contributed by atoms with van der Waals surface area (Å²) in [6, 6.07) is 16.8. The standard InChI is InChI=1S/C16H19BrN2/c1-19(12-14-7-2-4-8-15(14)17)16-9-5-3-6-13(16)10-11-18/h2-9H,10-12,18H2,1H3.